The lowest BCUT2D eigenvalue weighted by atomic mass is 10.2. The van der Waals surface area contributed by atoms with Crippen LogP contribution in [0.4, 0.5) is 0 Å². The molecule has 0 fully saturated rings. The van der Waals surface area contributed by atoms with Crippen LogP contribution in [0.3, 0.4) is 0 Å². The van der Waals surface area contributed by atoms with E-state index in [9.17, 15) is 4.79 Å². The topological polar surface area (TPSA) is 32.3 Å². The number of likely N-dealkylation sites (N-methyl/N-ethyl adjacent to an activating group) is 1. The highest BCUT2D eigenvalue weighted by molar-refractivity contribution is 7.09. The number of carbonyl (C=O) groups is 1. The Kier molecular flexibility index (Phi) is 5.75. The molecule has 0 aliphatic carbocycles. The number of nitrogens with one attached hydrogen (secondary N) is 1. The van der Waals surface area contributed by atoms with E-state index in [1.165, 1.54) is 4.88 Å². The maximum Gasteiger partial charge on any atom is 0.236 e. The lowest BCUT2D eigenvalue weighted by molar-refractivity contribution is -0.130. The Morgan fingerprint density at radius 1 is 1.71 bits per heavy atom. The summed E-state index contributed by atoms with van der Waals surface area (Å²) in [6, 6.07) is 4.33. The van der Waals surface area contributed by atoms with Crippen LogP contribution in [0.2, 0.25) is 0 Å². The highest BCUT2D eigenvalue weighted by Crippen LogP contribution is 2.13. The van der Waals surface area contributed by atoms with Gasteiger partial charge in [0, 0.05) is 24.4 Å². The van der Waals surface area contributed by atoms with Gasteiger partial charge in [-0.15, -0.1) is 17.8 Å². The largest absolute Gasteiger partial charge is 0.342 e. The molecule has 0 aromatic carbocycles. The van der Waals surface area contributed by atoms with Gasteiger partial charge in [0.15, 0.2) is 0 Å². The fourth-order valence-electron chi connectivity index (χ4n) is 1.47. The molecule has 0 saturated heterocycles. The van der Waals surface area contributed by atoms with Gasteiger partial charge in [0.2, 0.25) is 5.91 Å². The Morgan fingerprint density at radius 3 is 3.06 bits per heavy atom. The van der Waals surface area contributed by atoms with Crippen LogP contribution in [0.1, 0.15) is 11.8 Å². The van der Waals surface area contributed by atoms with Crippen LogP contribution < -0.4 is 5.32 Å². The van der Waals surface area contributed by atoms with Gasteiger partial charge in [-0.3, -0.25) is 10.1 Å². The van der Waals surface area contributed by atoms with Gasteiger partial charge < -0.3 is 4.90 Å². The molecule has 92 valence electrons. The standard InChI is InChI=1S/C13H18N2OS/c1-4-7-14-10-13(16)15(3)11(2)9-12-6-5-8-17-12/h1,5-6,8,11,14H,7,9-10H2,2-3H3. The molecule has 4 heteroatoms. The number of terminal acetylenes is 1. The van der Waals surface area contributed by atoms with Crippen molar-refractivity contribution in [1.82, 2.24) is 10.2 Å². The smallest absolute Gasteiger partial charge is 0.236 e. The van der Waals surface area contributed by atoms with E-state index < -0.39 is 0 Å². The molecule has 0 aliphatic heterocycles. The summed E-state index contributed by atoms with van der Waals surface area (Å²) >= 11 is 1.72. The molecule has 0 bridgehead atoms. The van der Waals surface area contributed by atoms with Crippen LogP contribution in [-0.2, 0) is 11.2 Å². The molecule has 1 unspecified atom stereocenters. The van der Waals surface area contributed by atoms with E-state index in [0.29, 0.717) is 13.1 Å². The molecule has 1 N–H and O–H groups in total. The zero-order chi connectivity index (χ0) is 12.7. The van der Waals surface area contributed by atoms with Gasteiger partial charge in [-0.1, -0.05) is 12.0 Å². The molecule has 1 amide bonds. The van der Waals surface area contributed by atoms with Crippen molar-refractivity contribution >= 4 is 17.2 Å². The molecule has 1 aromatic rings. The normalized spacial score (nSPS) is 11.8. The summed E-state index contributed by atoms with van der Waals surface area (Å²) in [5.74, 6) is 2.52. The average Bonchev–Trinajstić information content (AvgIpc) is 2.81. The fraction of sp³-hybridized carbons (Fsp3) is 0.462. The van der Waals surface area contributed by atoms with Crippen molar-refractivity contribution in [2.45, 2.75) is 19.4 Å². The Balaban J connectivity index is 2.38. The van der Waals surface area contributed by atoms with Crippen molar-refractivity contribution < 1.29 is 4.79 Å². The Morgan fingerprint density at radius 2 is 2.47 bits per heavy atom. The summed E-state index contributed by atoms with van der Waals surface area (Å²) in [4.78, 5) is 14.9. The summed E-state index contributed by atoms with van der Waals surface area (Å²) in [6.07, 6.45) is 6.00. The third-order valence-electron chi connectivity index (χ3n) is 2.63. The van der Waals surface area contributed by atoms with E-state index >= 15 is 0 Å². The van der Waals surface area contributed by atoms with E-state index in [4.69, 9.17) is 6.42 Å². The lowest BCUT2D eigenvalue weighted by Crippen LogP contribution is -2.41. The molecule has 1 atom stereocenters. The molecular formula is C13H18N2OS. The van der Waals surface area contributed by atoms with Crippen molar-refractivity contribution in [3.8, 4) is 12.3 Å². The van der Waals surface area contributed by atoms with Crippen molar-refractivity contribution in [2.75, 3.05) is 20.1 Å². The van der Waals surface area contributed by atoms with E-state index in [1.54, 1.807) is 16.2 Å². The van der Waals surface area contributed by atoms with Crippen LogP contribution >= 0.6 is 11.3 Å². The second-order valence-corrected chi connectivity index (χ2v) is 4.98. The second kappa shape index (κ2) is 7.10. The van der Waals surface area contributed by atoms with Crippen molar-refractivity contribution in [3.63, 3.8) is 0 Å². The Labute approximate surface area is 107 Å². The Bertz CT molecular complexity index is 381. The molecular weight excluding hydrogens is 232 g/mol. The van der Waals surface area contributed by atoms with Crippen LogP contribution in [0.25, 0.3) is 0 Å². The first-order valence-corrected chi connectivity index (χ1v) is 6.45. The molecule has 0 saturated carbocycles. The maximum atomic E-state index is 11.8. The summed E-state index contributed by atoms with van der Waals surface area (Å²) in [6.45, 7) is 2.78. The fourth-order valence-corrected chi connectivity index (χ4v) is 2.30. The highest BCUT2D eigenvalue weighted by atomic mass is 32.1. The van der Waals surface area contributed by atoms with E-state index in [0.717, 1.165) is 6.42 Å². The van der Waals surface area contributed by atoms with Crippen molar-refractivity contribution in [3.05, 3.63) is 22.4 Å². The third-order valence-corrected chi connectivity index (χ3v) is 3.53. The van der Waals surface area contributed by atoms with E-state index in [1.807, 2.05) is 13.1 Å². The minimum Gasteiger partial charge on any atom is -0.342 e. The van der Waals surface area contributed by atoms with Crippen LogP contribution in [0, 0.1) is 12.3 Å². The van der Waals surface area contributed by atoms with Gasteiger partial charge in [-0.25, -0.2) is 0 Å². The summed E-state index contributed by atoms with van der Waals surface area (Å²) < 4.78 is 0. The number of amides is 1. The zero-order valence-electron chi connectivity index (χ0n) is 10.3. The molecule has 0 spiro atoms. The maximum absolute atomic E-state index is 11.8. The third kappa shape index (κ3) is 4.59. The molecule has 1 heterocycles. The predicted molar refractivity (Wildman–Crippen MR) is 72.0 cm³/mol. The first kappa shape index (κ1) is 13.8. The number of carbonyl (C=O) groups excluding carboxylic acids is 1. The van der Waals surface area contributed by atoms with Gasteiger partial charge in [0.25, 0.3) is 0 Å². The summed E-state index contributed by atoms with van der Waals surface area (Å²) in [5.41, 5.74) is 0. The van der Waals surface area contributed by atoms with E-state index in [2.05, 4.69) is 29.6 Å². The van der Waals surface area contributed by atoms with Crippen LogP contribution in [0.5, 0.6) is 0 Å². The van der Waals surface area contributed by atoms with Gasteiger partial charge in [0.1, 0.15) is 0 Å². The summed E-state index contributed by atoms with van der Waals surface area (Å²) in [7, 11) is 1.83. The first-order valence-electron chi connectivity index (χ1n) is 5.57. The number of hydrogen-bond donors (Lipinski definition) is 1. The zero-order valence-corrected chi connectivity index (χ0v) is 11.1. The van der Waals surface area contributed by atoms with Gasteiger partial charge in [0.05, 0.1) is 13.1 Å². The second-order valence-electron chi connectivity index (χ2n) is 3.94. The van der Waals surface area contributed by atoms with Gasteiger partial charge in [-0.2, -0.15) is 0 Å². The van der Waals surface area contributed by atoms with Crippen LogP contribution in [-0.4, -0.2) is 37.0 Å². The molecule has 0 radical (unpaired) electrons. The summed E-state index contributed by atoms with van der Waals surface area (Å²) in [5, 5.41) is 4.96. The quantitative estimate of drug-likeness (QED) is 0.611. The monoisotopic (exact) mass is 250 g/mol. The Hall–Kier alpha value is -1.31. The minimum atomic E-state index is 0.0734. The average molecular weight is 250 g/mol. The highest BCUT2D eigenvalue weighted by Gasteiger charge is 2.15. The molecule has 3 nitrogen and oxygen atoms in total. The SMILES string of the molecule is C#CCNCC(=O)N(C)C(C)Cc1cccs1. The lowest BCUT2D eigenvalue weighted by Gasteiger charge is -2.24. The molecule has 1 rings (SSSR count). The molecule has 1 aromatic heterocycles. The number of rotatable bonds is 6. The van der Waals surface area contributed by atoms with Gasteiger partial charge in [-0.05, 0) is 18.4 Å². The van der Waals surface area contributed by atoms with Crippen molar-refractivity contribution in [1.29, 1.82) is 0 Å². The number of thiophene rings is 1. The predicted octanol–water partition coefficient (Wildman–Crippen LogP) is 1.36. The van der Waals surface area contributed by atoms with Crippen LogP contribution in [0.15, 0.2) is 17.5 Å². The number of nitrogens with zero attached hydrogens (tertiary/aromatic N) is 1. The van der Waals surface area contributed by atoms with E-state index in [-0.39, 0.29) is 11.9 Å². The van der Waals surface area contributed by atoms with Crippen molar-refractivity contribution in [2.24, 2.45) is 0 Å². The minimum absolute atomic E-state index is 0.0734. The molecule has 0 aliphatic rings. The molecule has 17 heavy (non-hydrogen) atoms. The number of hydrogen-bond acceptors (Lipinski definition) is 3. The van der Waals surface area contributed by atoms with Gasteiger partial charge >= 0.3 is 0 Å². The first-order chi connectivity index (χ1) is 8.15.